The number of carbonyl (C=O) groups excluding carboxylic acids is 5. The maximum Gasteiger partial charge on any atom is 0.303 e. The van der Waals surface area contributed by atoms with Gasteiger partial charge in [0.15, 0.2) is 29.2 Å². The van der Waals surface area contributed by atoms with Crippen molar-refractivity contribution < 1.29 is 42.9 Å². The lowest BCUT2D eigenvalue weighted by Gasteiger charge is -2.27. The molecule has 0 saturated carbocycles. The Bertz CT molecular complexity index is 1510. The van der Waals surface area contributed by atoms with E-state index in [-0.39, 0.29) is 28.8 Å². The van der Waals surface area contributed by atoms with Crippen LogP contribution in [0.15, 0.2) is 36.7 Å². The zero-order chi connectivity index (χ0) is 30.6. The lowest BCUT2D eigenvalue weighted by Crippen LogP contribution is -2.51. The van der Waals surface area contributed by atoms with E-state index < -0.39 is 60.4 Å². The molecule has 1 saturated heterocycles. The molecule has 3 aromatic rings. The summed E-state index contributed by atoms with van der Waals surface area (Å²) in [6, 6.07) is 8.97. The highest BCUT2D eigenvalue weighted by Crippen LogP contribution is 2.38. The van der Waals surface area contributed by atoms with Gasteiger partial charge in [-0.25, -0.2) is 4.98 Å². The van der Waals surface area contributed by atoms with Crippen LogP contribution >= 0.6 is 11.6 Å². The number of halogens is 1. The predicted molar refractivity (Wildman–Crippen MR) is 143 cm³/mol. The first-order valence-electron chi connectivity index (χ1n) is 12.6. The van der Waals surface area contributed by atoms with E-state index in [4.69, 9.17) is 30.5 Å². The number of ether oxygens (including phenoxy) is 4. The van der Waals surface area contributed by atoms with Gasteiger partial charge in [-0.2, -0.15) is 9.97 Å². The molecule has 42 heavy (non-hydrogen) atoms. The van der Waals surface area contributed by atoms with Gasteiger partial charge in [0.1, 0.15) is 11.6 Å². The zero-order valence-corrected chi connectivity index (χ0v) is 23.7. The van der Waals surface area contributed by atoms with Crippen molar-refractivity contribution >= 4 is 58.4 Å². The predicted octanol–water partition coefficient (Wildman–Crippen LogP) is 1.45. The second-order valence-corrected chi connectivity index (χ2v) is 9.57. The summed E-state index contributed by atoms with van der Waals surface area (Å²) >= 11 is 6.26. The fourth-order valence-electron chi connectivity index (χ4n) is 4.39. The van der Waals surface area contributed by atoms with Crippen LogP contribution in [-0.2, 0) is 49.5 Å². The molecular formula is C26H27ClN6O9. The van der Waals surface area contributed by atoms with E-state index in [0.29, 0.717) is 0 Å². The molecule has 0 spiro atoms. The van der Waals surface area contributed by atoms with E-state index in [9.17, 15) is 24.0 Å². The third-order valence-corrected chi connectivity index (χ3v) is 6.19. The average Bonchev–Trinajstić information content (AvgIpc) is 3.47. The lowest BCUT2D eigenvalue weighted by molar-refractivity contribution is -0.174. The van der Waals surface area contributed by atoms with E-state index in [1.54, 1.807) is 24.3 Å². The number of nitrogens with zero attached hydrogens (tertiary/aromatic N) is 4. The molecule has 1 aliphatic rings. The fraction of sp³-hybridized carbons (Fsp3) is 0.385. The quantitative estimate of drug-likeness (QED) is 0.204. The number of anilines is 1. The lowest BCUT2D eigenvalue weighted by atomic mass is 10.0. The number of aromatic nitrogens is 4. The molecule has 0 unspecified atom stereocenters. The molecule has 1 fully saturated rings. The minimum absolute atomic E-state index is 0.0562. The molecule has 0 radical (unpaired) electrons. The summed E-state index contributed by atoms with van der Waals surface area (Å²) in [5, 5.41) is 5.00. The second kappa shape index (κ2) is 12.9. The molecule has 0 aliphatic carbocycles. The molecule has 0 bridgehead atoms. The van der Waals surface area contributed by atoms with Gasteiger partial charge in [-0.15, -0.1) is 0 Å². The molecule has 1 aromatic carbocycles. The number of benzene rings is 1. The Balaban J connectivity index is 1.76. The Kier molecular flexibility index (Phi) is 9.32. The minimum atomic E-state index is -1.64. The molecule has 222 valence electrons. The number of nitrogens with one attached hydrogen (secondary N) is 2. The van der Waals surface area contributed by atoms with Crippen LogP contribution in [0.5, 0.6) is 0 Å². The molecule has 2 N–H and O–H groups in total. The van der Waals surface area contributed by atoms with Crippen LogP contribution in [0.25, 0.3) is 11.2 Å². The van der Waals surface area contributed by atoms with Gasteiger partial charge in [-0.1, -0.05) is 41.9 Å². The number of fused-ring (bicyclic) bond motifs is 1. The summed E-state index contributed by atoms with van der Waals surface area (Å²) in [6.45, 7) is 4.69. The standard InChI is InChI=1S/C26H27ClN6O9/c1-12(34)30-26-31-22(27)17-23(32-26)33(11-29-17)25-21(41-15(4)37)19(39-13(2)35)18(42-25)20(40-14(3)36)24(38)28-10-16-8-6-5-7-9-16/h5-9,11,18-21,25H,10H2,1-4H3,(H,28,38)(H,30,31,32,34)/t18-,19-,20-,21+,25+/m0/s1. The van der Waals surface area contributed by atoms with Crippen molar-refractivity contribution in [2.45, 2.75) is 64.9 Å². The van der Waals surface area contributed by atoms with Crippen molar-refractivity contribution in [3.8, 4) is 0 Å². The summed E-state index contributed by atoms with van der Waals surface area (Å²) in [5.41, 5.74) is 0.935. The van der Waals surface area contributed by atoms with Gasteiger partial charge >= 0.3 is 17.9 Å². The number of hydrogen-bond acceptors (Lipinski definition) is 12. The van der Waals surface area contributed by atoms with E-state index >= 15 is 0 Å². The molecule has 16 heteroatoms. The highest BCUT2D eigenvalue weighted by Gasteiger charge is 2.56. The summed E-state index contributed by atoms with van der Waals surface area (Å²) in [4.78, 5) is 73.9. The number of hydrogen-bond donors (Lipinski definition) is 2. The molecule has 15 nitrogen and oxygen atoms in total. The van der Waals surface area contributed by atoms with Crippen molar-refractivity contribution in [3.05, 3.63) is 47.4 Å². The number of amides is 2. The molecular weight excluding hydrogens is 576 g/mol. The van der Waals surface area contributed by atoms with Gasteiger partial charge in [0, 0.05) is 34.2 Å². The van der Waals surface area contributed by atoms with Crippen LogP contribution in [0.1, 0.15) is 39.5 Å². The second-order valence-electron chi connectivity index (χ2n) is 9.22. The van der Waals surface area contributed by atoms with Gasteiger partial charge in [-0.3, -0.25) is 33.9 Å². The van der Waals surface area contributed by atoms with Crippen LogP contribution in [-0.4, -0.2) is 73.7 Å². The molecule has 3 heterocycles. The van der Waals surface area contributed by atoms with Crippen molar-refractivity contribution in [1.82, 2.24) is 24.8 Å². The minimum Gasteiger partial charge on any atom is -0.455 e. The highest BCUT2D eigenvalue weighted by atomic mass is 35.5. The van der Waals surface area contributed by atoms with Crippen LogP contribution in [0.3, 0.4) is 0 Å². The largest absolute Gasteiger partial charge is 0.455 e. The number of imidazole rings is 1. The topological polar surface area (TPSA) is 190 Å². The Hall–Kier alpha value is -4.63. The van der Waals surface area contributed by atoms with Gasteiger partial charge in [0.2, 0.25) is 18.0 Å². The summed E-state index contributed by atoms with van der Waals surface area (Å²) in [7, 11) is 0. The van der Waals surface area contributed by atoms with Crippen molar-refractivity contribution in [3.63, 3.8) is 0 Å². The first-order chi connectivity index (χ1) is 19.9. The maximum absolute atomic E-state index is 13.4. The third-order valence-electron chi connectivity index (χ3n) is 5.93. The van der Waals surface area contributed by atoms with E-state index in [0.717, 1.165) is 26.3 Å². The number of rotatable bonds is 9. The number of carbonyl (C=O) groups is 5. The Morgan fingerprint density at radius 1 is 0.976 bits per heavy atom. The van der Waals surface area contributed by atoms with Gasteiger partial charge < -0.3 is 24.3 Å². The molecule has 2 aromatic heterocycles. The third kappa shape index (κ3) is 6.98. The smallest absolute Gasteiger partial charge is 0.303 e. The van der Waals surface area contributed by atoms with Crippen LogP contribution in [0, 0.1) is 0 Å². The van der Waals surface area contributed by atoms with E-state index in [1.165, 1.54) is 17.8 Å². The summed E-state index contributed by atoms with van der Waals surface area (Å²) in [6.07, 6.45) is -5.94. The zero-order valence-electron chi connectivity index (χ0n) is 22.9. The molecule has 2 amide bonds. The normalized spacial score (nSPS) is 20.4. The monoisotopic (exact) mass is 602 g/mol. The first kappa shape index (κ1) is 30.3. The summed E-state index contributed by atoms with van der Waals surface area (Å²) < 4.78 is 23.9. The van der Waals surface area contributed by atoms with Crippen molar-refractivity contribution in [2.24, 2.45) is 0 Å². The molecule has 4 rings (SSSR count). The van der Waals surface area contributed by atoms with Crippen LogP contribution < -0.4 is 10.6 Å². The van der Waals surface area contributed by atoms with Gasteiger partial charge in [0.05, 0.1) is 6.33 Å². The average molecular weight is 603 g/mol. The fourth-order valence-corrected chi connectivity index (χ4v) is 4.60. The van der Waals surface area contributed by atoms with Crippen molar-refractivity contribution in [1.29, 1.82) is 0 Å². The van der Waals surface area contributed by atoms with Gasteiger partial charge in [0.25, 0.3) is 5.91 Å². The molecule has 5 atom stereocenters. The molecule has 1 aliphatic heterocycles. The van der Waals surface area contributed by atoms with E-state index in [1.807, 2.05) is 6.07 Å². The Morgan fingerprint density at radius 3 is 2.26 bits per heavy atom. The van der Waals surface area contributed by atoms with E-state index in [2.05, 4.69) is 25.6 Å². The van der Waals surface area contributed by atoms with Gasteiger partial charge in [-0.05, 0) is 5.56 Å². The highest BCUT2D eigenvalue weighted by molar-refractivity contribution is 6.33. The Labute approximate surface area is 243 Å². The SMILES string of the molecule is CC(=O)Nc1nc(Cl)c2ncn([C@@H]3O[C@H]([C@H](OC(C)=O)C(=O)NCc4ccccc4)[C@H](OC(C)=O)[C@H]3OC(C)=O)c2n1. The summed E-state index contributed by atoms with van der Waals surface area (Å²) in [5.74, 6) is -3.74. The maximum atomic E-state index is 13.4. The first-order valence-corrected chi connectivity index (χ1v) is 13.0. The van der Waals surface area contributed by atoms with Crippen LogP contribution in [0.4, 0.5) is 5.95 Å². The number of esters is 3. The van der Waals surface area contributed by atoms with Crippen molar-refractivity contribution in [2.75, 3.05) is 5.32 Å². The van der Waals surface area contributed by atoms with Crippen LogP contribution in [0.2, 0.25) is 5.15 Å². The Morgan fingerprint density at radius 2 is 1.64 bits per heavy atom.